The number of alkyl halides is 3. The van der Waals surface area contributed by atoms with Crippen LogP contribution in [0.25, 0.3) is 5.69 Å². The highest BCUT2D eigenvalue weighted by molar-refractivity contribution is 9.10. The first-order valence-corrected chi connectivity index (χ1v) is 5.56. The average molecular weight is 305 g/mol. The second kappa shape index (κ2) is 4.18. The number of aromatic nitrogens is 2. The van der Waals surface area contributed by atoms with Crippen LogP contribution in [0.4, 0.5) is 13.2 Å². The molecule has 0 fully saturated rings. The highest BCUT2D eigenvalue weighted by atomic mass is 79.9. The third kappa shape index (κ3) is 2.52. The van der Waals surface area contributed by atoms with Crippen LogP contribution in [-0.2, 0) is 6.18 Å². The van der Waals surface area contributed by atoms with E-state index >= 15 is 0 Å². The van der Waals surface area contributed by atoms with E-state index in [1.54, 1.807) is 19.1 Å². The van der Waals surface area contributed by atoms with Crippen molar-refractivity contribution in [1.29, 1.82) is 0 Å². The number of hydrogen-bond acceptors (Lipinski definition) is 1. The fourth-order valence-corrected chi connectivity index (χ4v) is 1.85. The molecule has 0 aliphatic carbocycles. The van der Waals surface area contributed by atoms with Crippen LogP contribution >= 0.6 is 15.9 Å². The van der Waals surface area contributed by atoms with Crippen molar-refractivity contribution >= 4 is 15.9 Å². The molecular weight excluding hydrogens is 297 g/mol. The largest absolute Gasteiger partial charge is 0.418 e. The summed E-state index contributed by atoms with van der Waals surface area (Å²) in [7, 11) is 0. The monoisotopic (exact) mass is 304 g/mol. The van der Waals surface area contributed by atoms with Crippen LogP contribution in [0.2, 0.25) is 0 Å². The number of halogens is 4. The Bertz CT molecular complexity index is 546. The minimum Gasteiger partial charge on any atom is -0.240 e. The molecule has 1 aromatic heterocycles. The summed E-state index contributed by atoms with van der Waals surface area (Å²) in [6.45, 7) is 1.72. The summed E-state index contributed by atoms with van der Waals surface area (Å²) < 4.78 is 40.2. The smallest absolute Gasteiger partial charge is 0.240 e. The summed E-state index contributed by atoms with van der Waals surface area (Å²) in [4.78, 5) is 0. The quantitative estimate of drug-likeness (QED) is 0.780. The van der Waals surface area contributed by atoms with Gasteiger partial charge >= 0.3 is 6.18 Å². The summed E-state index contributed by atoms with van der Waals surface area (Å²) >= 11 is 3.04. The maximum absolute atomic E-state index is 12.9. The Morgan fingerprint density at radius 3 is 2.47 bits per heavy atom. The predicted molar refractivity (Wildman–Crippen MR) is 61.0 cm³/mol. The van der Waals surface area contributed by atoms with E-state index in [0.29, 0.717) is 10.2 Å². The van der Waals surface area contributed by atoms with Crippen molar-refractivity contribution < 1.29 is 13.2 Å². The lowest BCUT2D eigenvalue weighted by molar-refractivity contribution is -0.137. The van der Waals surface area contributed by atoms with Crippen molar-refractivity contribution in [3.05, 3.63) is 46.2 Å². The van der Waals surface area contributed by atoms with Gasteiger partial charge in [0.25, 0.3) is 0 Å². The van der Waals surface area contributed by atoms with Gasteiger partial charge in [0.05, 0.1) is 16.9 Å². The van der Waals surface area contributed by atoms with Crippen LogP contribution in [0.15, 0.2) is 34.9 Å². The Kier molecular flexibility index (Phi) is 2.99. The zero-order valence-electron chi connectivity index (χ0n) is 8.79. The molecule has 1 aromatic carbocycles. The standard InChI is InChI=1S/C11H8BrF3N2/c1-7-4-5-17(16-7)10-3-2-8(12)6-9(10)11(13,14)15/h2-6H,1H3. The molecule has 0 amide bonds. The second-order valence-electron chi connectivity index (χ2n) is 3.56. The van der Waals surface area contributed by atoms with Gasteiger partial charge in [-0.3, -0.25) is 0 Å². The summed E-state index contributed by atoms with van der Waals surface area (Å²) in [5, 5.41) is 3.99. The Balaban J connectivity index is 2.61. The molecule has 2 rings (SSSR count). The molecule has 0 bridgehead atoms. The molecule has 90 valence electrons. The average Bonchev–Trinajstić information content (AvgIpc) is 2.63. The van der Waals surface area contributed by atoms with E-state index in [9.17, 15) is 13.2 Å². The van der Waals surface area contributed by atoms with Crippen LogP contribution in [0, 0.1) is 6.92 Å². The van der Waals surface area contributed by atoms with Crippen molar-refractivity contribution in [2.75, 3.05) is 0 Å². The normalized spacial score (nSPS) is 11.8. The van der Waals surface area contributed by atoms with E-state index < -0.39 is 11.7 Å². The Morgan fingerprint density at radius 2 is 1.94 bits per heavy atom. The lowest BCUT2D eigenvalue weighted by atomic mass is 10.1. The lowest BCUT2D eigenvalue weighted by Crippen LogP contribution is -2.11. The lowest BCUT2D eigenvalue weighted by Gasteiger charge is -2.13. The van der Waals surface area contributed by atoms with Crippen molar-refractivity contribution in [2.45, 2.75) is 13.1 Å². The SMILES string of the molecule is Cc1ccn(-c2ccc(Br)cc2C(F)(F)F)n1. The summed E-state index contributed by atoms with van der Waals surface area (Å²) in [6.07, 6.45) is -2.90. The molecule has 2 nitrogen and oxygen atoms in total. The first kappa shape index (κ1) is 12.2. The van der Waals surface area contributed by atoms with E-state index in [2.05, 4.69) is 21.0 Å². The van der Waals surface area contributed by atoms with E-state index in [0.717, 1.165) is 6.07 Å². The van der Waals surface area contributed by atoms with Crippen molar-refractivity contribution in [3.8, 4) is 5.69 Å². The molecule has 0 unspecified atom stereocenters. The Hall–Kier alpha value is -1.30. The van der Waals surface area contributed by atoms with Gasteiger partial charge in [-0.1, -0.05) is 15.9 Å². The van der Waals surface area contributed by atoms with Gasteiger partial charge in [-0.25, -0.2) is 4.68 Å². The van der Waals surface area contributed by atoms with E-state index in [1.165, 1.54) is 16.9 Å². The minimum absolute atomic E-state index is 0.0220. The summed E-state index contributed by atoms with van der Waals surface area (Å²) in [5.74, 6) is 0. The van der Waals surface area contributed by atoms with Gasteiger partial charge in [0.2, 0.25) is 0 Å². The van der Waals surface area contributed by atoms with Gasteiger partial charge in [0.1, 0.15) is 0 Å². The highest BCUT2D eigenvalue weighted by Crippen LogP contribution is 2.35. The van der Waals surface area contributed by atoms with Crippen LogP contribution in [0.3, 0.4) is 0 Å². The fourth-order valence-electron chi connectivity index (χ4n) is 1.48. The fraction of sp³-hybridized carbons (Fsp3) is 0.182. The van der Waals surface area contributed by atoms with Gasteiger partial charge in [0, 0.05) is 10.7 Å². The zero-order valence-corrected chi connectivity index (χ0v) is 10.4. The van der Waals surface area contributed by atoms with Crippen molar-refractivity contribution in [2.24, 2.45) is 0 Å². The highest BCUT2D eigenvalue weighted by Gasteiger charge is 2.34. The Labute approximate surface area is 104 Å². The topological polar surface area (TPSA) is 17.8 Å². The first-order valence-electron chi connectivity index (χ1n) is 4.77. The molecule has 0 aliphatic rings. The van der Waals surface area contributed by atoms with E-state index in [-0.39, 0.29) is 5.69 Å². The van der Waals surface area contributed by atoms with Gasteiger partial charge in [-0.2, -0.15) is 18.3 Å². The van der Waals surface area contributed by atoms with Crippen LogP contribution in [-0.4, -0.2) is 9.78 Å². The van der Waals surface area contributed by atoms with Gasteiger partial charge in [-0.15, -0.1) is 0 Å². The first-order chi connectivity index (χ1) is 7.88. The molecule has 2 aromatic rings. The molecule has 6 heteroatoms. The third-order valence-electron chi connectivity index (χ3n) is 2.23. The molecule has 0 spiro atoms. The van der Waals surface area contributed by atoms with Crippen LogP contribution in [0.1, 0.15) is 11.3 Å². The molecule has 0 atom stereocenters. The maximum Gasteiger partial charge on any atom is 0.418 e. The zero-order chi connectivity index (χ0) is 12.6. The molecule has 0 saturated heterocycles. The van der Waals surface area contributed by atoms with Gasteiger partial charge < -0.3 is 0 Å². The predicted octanol–water partition coefficient (Wildman–Crippen LogP) is 3.96. The maximum atomic E-state index is 12.9. The Morgan fingerprint density at radius 1 is 1.24 bits per heavy atom. The second-order valence-corrected chi connectivity index (χ2v) is 4.48. The molecule has 0 saturated carbocycles. The van der Waals surface area contributed by atoms with Crippen molar-refractivity contribution in [3.63, 3.8) is 0 Å². The molecule has 17 heavy (non-hydrogen) atoms. The molecule has 1 heterocycles. The number of rotatable bonds is 1. The number of benzene rings is 1. The molecule has 0 radical (unpaired) electrons. The molecular formula is C11H8BrF3N2. The van der Waals surface area contributed by atoms with E-state index in [4.69, 9.17) is 0 Å². The van der Waals surface area contributed by atoms with Gasteiger partial charge in [-0.05, 0) is 31.2 Å². The summed E-state index contributed by atoms with van der Waals surface area (Å²) in [5.41, 5.74) is -0.0233. The number of aryl methyl sites for hydroxylation is 1. The van der Waals surface area contributed by atoms with E-state index in [1.807, 2.05) is 0 Å². The number of hydrogen-bond donors (Lipinski definition) is 0. The van der Waals surface area contributed by atoms with Crippen molar-refractivity contribution in [1.82, 2.24) is 9.78 Å². The third-order valence-corrected chi connectivity index (χ3v) is 2.73. The van der Waals surface area contributed by atoms with Gasteiger partial charge in [0.15, 0.2) is 0 Å². The molecule has 0 aliphatic heterocycles. The number of nitrogens with zero attached hydrogens (tertiary/aromatic N) is 2. The minimum atomic E-state index is -4.40. The summed E-state index contributed by atoms with van der Waals surface area (Å²) in [6, 6.07) is 5.65. The van der Waals surface area contributed by atoms with Crippen LogP contribution < -0.4 is 0 Å². The van der Waals surface area contributed by atoms with Crippen LogP contribution in [0.5, 0.6) is 0 Å². The molecule has 0 N–H and O–H groups in total.